The van der Waals surface area contributed by atoms with Crippen molar-refractivity contribution in [3.63, 3.8) is 0 Å². The van der Waals surface area contributed by atoms with Gasteiger partial charge in [0, 0.05) is 25.2 Å². The average molecular weight is 346 g/mol. The number of hydrogen-bond acceptors (Lipinski definition) is 5. The van der Waals surface area contributed by atoms with Gasteiger partial charge in [0.2, 0.25) is 0 Å². The molecule has 0 bridgehead atoms. The summed E-state index contributed by atoms with van der Waals surface area (Å²) in [6.45, 7) is 6.99. The molecule has 0 spiro atoms. The Balaban J connectivity index is 1.88. The van der Waals surface area contributed by atoms with Crippen molar-refractivity contribution in [1.82, 2.24) is 10.2 Å². The molecular formula is C16H30N2O4S. The number of nitrogens with zero attached hydrogens (tertiary/aromatic N) is 1. The molecule has 0 radical (unpaired) electrons. The van der Waals surface area contributed by atoms with Gasteiger partial charge in [0.05, 0.1) is 11.5 Å². The predicted octanol–water partition coefficient (Wildman–Crippen LogP) is 1.94. The van der Waals surface area contributed by atoms with Gasteiger partial charge in [0.25, 0.3) is 0 Å². The molecule has 1 atom stereocenters. The second-order valence-electron chi connectivity index (χ2n) is 7.71. The highest BCUT2D eigenvalue weighted by atomic mass is 32.2. The van der Waals surface area contributed by atoms with Gasteiger partial charge in [-0.2, -0.15) is 0 Å². The van der Waals surface area contributed by atoms with Crippen LogP contribution in [0.25, 0.3) is 0 Å². The maximum atomic E-state index is 12.3. The molecule has 1 N–H and O–H groups in total. The smallest absolute Gasteiger partial charge is 0.410 e. The van der Waals surface area contributed by atoms with Crippen LogP contribution in [0.5, 0.6) is 0 Å². The van der Waals surface area contributed by atoms with E-state index in [2.05, 4.69) is 5.32 Å². The lowest BCUT2D eigenvalue weighted by molar-refractivity contribution is 0.0241. The molecule has 0 aliphatic carbocycles. The van der Waals surface area contributed by atoms with E-state index in [1.807, 2.05) is 20.8 Å². The van der Waals surface area contributed by atoms with Crippen molar-refractivity contribution in [3.8, 4) is 0 Å². The van der Waals surface area contributed by atoms with Crippen molar-refractivity contribution >= 4 is 15.9 Å². The maximum Gasteiger partial charge on any atom is 0.410 e. The lowest BCUT2D eigenvalue weighted by atomic mass is 10.1. The molecule has 1 amide bonds. The summed E-state index contributed by atoms with van der Waals surface area (Å²) < 4.78 is 28.5. The van der Waals surface area contributed by atoms with Gasteiger partial charge in [-0.1, -0.05) is 6.42 Å². The summed E-state index contributed by atoms with van der Waals surface area (Å²) in [6.07, 6.45) is 4.16. The highest BCUT2D eigenvalue weighted by Crippen LogP contribution is 2.18. The van der Waals surface area contributed by atoms with Gasteiger partial charge in [-0.05, 0) is 46.5 Å². The molecule has 6 nitrogen and oxygen atoms in total. The minimum atomic E-state index is -2.83. The number of amides is 1. The molecule has 2 saturated heterocycles. The van der Waals surface area contributed by atoms with Gasteiger partial charge in [-0.3, -0.25) is 0 Å². The zero-order valence-electron chi connectivity index (χ0n) is 14.5. The number of hydrogen-bond donors (Lipinski definition) is 1. The highest BCUT2D eigenvalue weighted by molar-refractivity contribution is 7.91. The molecule has 2 rings (SSSR count). The summed E-state index contributed by atoms with van der Waals surface area (Å²) in [5.74, 6) is 0.542. The van der Waals surface area contributed by atoms with Crippen LogP contribution in [0.3, 0.4) is 0 Å². The van der Waals surface area contributed by atoms with Gasteiger partial charge < -0.3 is 15.0 Å². The summed E-state index contributed by atoms with van der Waals surface area (Å²) >= 11 is 0. The molecule has 2 aliphatic rings. The second-order valence-corrected chi connectivity index (χ2v) is 10.0. The largest absolute Gasteiger partial charge is 0.444 e. The van der Waals surface area contributed by atoms with Crippen LogP contribution in [0.2, 0.25) is 0 Å². The standard InChI is InChI=1S/C16H30N2O4S/c1-16(2,3)22-15(19)18-9-5-4-6-14(12-18)17-13-7-10-23(20,21)11-8-13/h13-14,17H,4-12H2,1-3H3. The first kappa shape index (κ1) is 18.5. The molecule has 2 fully saturated rings. The molecule has 0 aromatic rings. The summed E-state index contributed by atoms with van der Waals surface area (Å²) in [7, 11) is -2.83. The first-order chi connectivity index (χ1) is 10.6. The van der Waals surface area contributed by atoms with Crippen molar-refractivity contribution in [1.29, 1.82) is 0 Å². The lowest BCUT2D eigenvalue weighted by Crippen LogP contribution is -2.49. The van der Waals surface area contributed by atoms with Crippen LogP contribution in [-0.4, -0.2) is 61.7 Å². The van der Waals surface area contributed by atoms with Crippen LogP contribution < -0.4 is 5.32 Å². The normalized spacial score (nSPS) is 26.6. The van der Waals surface area contributed by atoms with Crippen LogP contribution in [0.1, 0.15) is 52.9 Å². The minimum absolute atomic E-state index is 0.218. The van der Waals surface area contributed by atoms with E-state index >= 15 is 0 Å². The molecule has 23 heavy (non-hydrogen) atoms. The number of rotatable bonds is 2. The quantitative estimate of drug-likeness (QED) is 0.827. The average Bonchev–Trinajstić information content (AvgIpc) is 2.65. The molecule has 134 valence electrons. The zero-order valence-corrected chi connectivity index (χ0v) is 15.3. The fourth-order valence-corrected chi connectivity index (χ4v) is 4.65. The molecule has 2 aliphatic heterocycles. The third-order valence-electron chi connectivity index (χ3n) is 4.35. The van der Waals surface area contributed by atoms with Gasteiger partial charge in [-0.15, -0.1) is 0 Å². The highest BCUT2D eigenvalue weighted by Gasteiger charge is 2.29. The Morgan fingerprint density at radius 3 is 2.35 bits per heavy atom. The van der Waals surface area contributed by atoms with Crippen LogP contribution in [0.15, 0.2) is 0 Å². The topological polar surface area (TPSA) is 75.7 Å². The van der Waals surface area contributed by atoms with E-state index in [9.17, 15) is 13.2 Å². The molecule has 0 saturated carbocycles. The number of ether oxygens (including phenoxy) is 1. The zero-order chi connectivity index (χ0) is 17.1. The van der Waals surface area contributed by atoms with Crippen molar-refractivity contribution in [2.45, 2.75) is 70.6 Å². The van der Waals surface area contributed by atoms with Crippen molar-refractivity contribution in [3.05, 3.63) is 0 Å². The third-order valence-corrected chi connectivity index (χ3v) is 6.06. The van der Waals surface area contributed by atoms with E-state index in [-0.39, 0.29) is 29.7 Å². The van der Waals surface area contributed by atoms with Crippen LogP contribution in [0, 0.1) is 0 Å². The Morgan fingerprint density at radius 2 is 1.74 bits per heavy atom. The Hall–Kier alpha value is -0.820. The van der Waals surface area contributed by atoms with Crippen molar-refractivity contribution < 1.29 is 17.9 Å². The van der Waals surface area contributed by atoms with Crippen molar-refractivity contribution in [2.75, 3.05) is 24.6 Å². The molecule has 2 heterocycles. The maximum absolute atomic E-state index is 12.3. The predicted molar refractivity (Wildman–Crippen MR) is 90.3 cm³/mol. The fourth-order valence-electron chi connectivity index (χ4n) is 3.16. The fraction of sp³-hybridized carbons (Fsp3) is 0.938. The summed E-state index contributed by atoms with van der Waals surface area (Å²) in [5, 5.41) is 3.57. The first-order valence-electron chi connectivity index (χ1n) is 8.59. The summed E-state index contributed by atoms with van der Waals surface area (Å²) in [4.78, 5) is 14.1. The van der Waals surface area contributed by atoms with Gasteiger partial charge in [-0.25, -0.2) is 13.2 Å². The molecule has 7 heteroatoms. The van der Waals surface area contributed by atoms with E-state index in [1.54, 1.807) is 4.90 Å². The van der Waals surface area contributed by atoms with E-state index in [0.29, 0.717) is 19.4 Å². The monoisotopic (exact) mass is 346 g/mol. The van der Waals surface area contributed by atoms with E-state index in [1.165, 1.54) is 0 Å². The number of carbonyl (C=O) groups excluding carboxylic acids is 1. The van der Waals surface area contributed by atoms with E-state index in [0.717, 1.165) is 25.8 Å². The van der Waals surface area contributed by atoms with E-state index < -0.39 is 15.4 Å². The molecule has 0 aromatic heterocycles. The Kier molecular flexibility index (Phi) is 5.94. The Labute approximate surface area is 139 Å². The second kappa shape index (κ2) is 7.38. The van der Waals surface area contributed by atoms with Crippen LogP contribution >= 0.6 is 0 Å². The van der Waals surface area contributed by atoms with E-state index in [4.69, 9.17) is 4.74 Å². The SMILES string of the molecule is CC(C)(C)OC(=O)N1CCCCC(NC2CCS(=O)(=O)CC2)C1. The lowest BCUT2D eigenvalue weighted by Gasteiger charge is -2.31. The molecule has 1 unspecified atom stereocenters. The Bertz CT molecular complexity index is 499. The summed E-state index contributed by atoms with van der Waals surface area (Å²) in [5.41, 5.74) is -0.482. The van der Waals surface area contributed by atoms with Crippen LogP contribution in [0.4, 0.5) is 4.79 Å². The molecule has 0 aromatic carbocycles. The third kappa shape index (κ3) is 6.30. The number of nitrogens with one attached hydrogen (secondary N) is 1. The summed E-state index contributed by atoms with van der Waals surface area (Å²) in [6, 6.07) is 0.456. The number of sulfone groups is 1. The Morgan fingerprint density at radius 1 is 1.09 bits per heavy atom. The first-order valence-corrected chi connectivity index (χ1v) is 10.4. The molecular weight excluding hydrogens is 316 g/mol. The van der Waals surface area contributed by atoms with Gasteiger partial charge in [0.1, 0.15) is 15.4 Å². The van der Waals surface area contributed by atoms with Crippen molar-refractivity contribution in [2.24, 2.45) is 0 Å². The number of carbonyl (C=O) groups is 1. The van der Waals surface area contributed by atoms with Gasteiger partial charge in [0.15, 0.2) is 0 Å². The minimum Gasteiger partial charge on any atom is -0.444 e. The van der Waals surface area contributed by atoms with Gasteiger partial charge >= 0.3 is 6.09 Å². The van der Waals surface area contributed by atoms with Crippen LogP contribution in [-0.2, 0) is 14.6 Å². The number of likely N-dealkylation sites (tertiary alicyclic amines) is 1.